The van der Waals surface area contributed by atoms with Gasteiger partial charge in [-0.1, -0.05) is 6.92 Å². The fourth-order valence-electron chi connectivity index (χ4n) is 5.91. The van der Waals surface area contributed by atoms with Crippen molar-refractivity contribution in [1.82, 2.24) is 20.2 Å². The van der Waals surface area contributed by atoms with E-state index < -0.39 is 57.7 Å². The SMILES string of the molecule is CC[C@H](Nc1cc(C(F)F)c(-c2sc(C(=O)NC3CCS(=O)(=O)CC3)nc2C(=O)N2C3CCC2CC3)cn1)C(F)(F)F. The van der Waals surface area contributed by atoms with Crippen LogP contribution in [0.15, 0.2) is 12.3 Å². The highest BCUT2D eigenvalue weighted by Crippen LogP contribution is 2.42. The second-order valence-electron chi connectivity index (χ2n) is 10.9. The largest absolute Gasteiger partial charge is 0.408 e. The van der Waals surface area contributed by atoms with Gasteiger partial charge in [-0.25, -0.2) is 27.2 Å². The molecule has 3 aliphatic heterocycles. The molecule has 3 aliphatic rings. The Balaban J connectivity index is 1.51. The van der Waals surface area contributed by atoms with E-state index in [4.69, 9.17) is 0 Å². The molecule has 0 aromatic carbocycles. The van der Waals surface area contributed by atoms with Crippen molar-refractivity contribution in [3.05, 3.63) is 28.5 Å². The van der Waals surface area contributed by atoms with Gasteiger partial charge in [0.05, 0.1) is 16.4 Å². The van der Waals surface area contributed by atoms with Crippen LogP contribution in [0.5, 0.6) is 0 Å². The first-order valence-corrected chi connectivity index (χ1v) is 16.4. The highest BCUT2D eigenvalue weighted by Gasteiger charge is 2.44. The predicted molar refractivity (Wildman–Crippen MR) is 145 cm³/mol. The van der Waals surface area contributed by atoms with Gasteiger partial charge in [-0.15, -0.1) is 11.3 Å². The third kappa shape index (κ3) is 6.24. The summed E-state index contributed by atoms with van der Waals surface area (Å²) < 4.78 is 92.1. The summed E-state index contributed by atoms with van der Waals surface area (Å²) in [4.78, 5) is 36.8. The summed E-state index contributed by atoms with van der Waals surface area (Å²) in [7, 11) is -3.17. The van der Waals surface area contributed by atoms with Gasteiger partial charge in [0.1, 0.15) is 27.4 Å². The van der Waals surface area contributed by atoms with E-state index in [9.17, 15) is 40.0 Å². The van der Waals surface area contributed by atoms with E-state index in [0.29, 0.717) is 11.3 Å². The lowest BCUT2D eigenvalue weighted by atomic mass is 10.0. The number of hydrogen-bond acceptors (Lipinski definition) is 8. The summed E-state index contributed by atoms with van der Waals surface area (Å²) in [5.41, 5.74) is -1.05. The average Bonchev–Trinajstić information content (AvgIpc) is 3.66. The molecule has 5 heterocycles. The topological polar surface area (TPSA) is 121 Å². The van der Waals surface area contributed by atoms with E-state index in [2.05, 4.69) is 20.6 Å². The molecule has 2 amide bonds. The lowest BCUT2D eigenvalue weighted by molar-refractivity contribution is -0.142. The van der Waals surface area contributed by atoms with Crippen LogP contribution >= 0.6 is 11.3 Å². The van der Waals surface area contributed by atoms with Crippen LogP contribution in [0.4, 0.5) is 27.8 Å². The first-order chi connectivity index (χ1) is 19.8. The number of nitrogens with one attached hydrogen (secondary N) is 2. The molecule has 0 spiro atoms. The smallest absolute Gasteiger partial charge is 0.359 e. The van der Waals surface area contributed by atoms with Crippen LogP contribution in [-0.2, 0) is 9.84 Å². The lowest BCUT2D eigenvalue weighted by Gasteiger charge is -2.22. The molecule has 0 radical (unpaired) electrons. The summed E-state index contributed by atoms with van der Waals surface area (Å²) >= 11 is 0.717. The minimum absolute atomic E-state index is 0.0221. The number of amides is 2. The predicted octanol–water partition coefficient (Wildman–Crippen LogP) is 4.97. The number of carbonyl (C=O) groups is 2. The van der Waals surface area contributed by atoms with E-state index >= 15 is 0 Å². The average molecular weight is 636 g/mol. The molecular formula is C26H30F5N5O4S2. The number of carbonyl (C=O) groups excluding carboxylic acids is 2. The molecule has 9 nitrogen and oxygen atoms in total. The number of rotatable bonds is 8. The van der Waals surface area contributed by atoms with E-state index in [-0.39, 0.29) is 64.0 Å². The number of hydrogen-bond donors (Lipinski definition) is 2. The number of thiazole rings is 1. The Morgan fingerprint density at radius 2 is 1.71 bits per heavy atom. The van der Waals surface area contributed by atoms with Crippen molar-refractivity contribution in [2.24, 2.45) is 0 Å². The molecule has 1 atom stereocenters. The van der Waals surface area contributed by atoms with Crippen molar-refractivity contribution < 1.29 is 40.0 Å². The molecule has 2 bridgehead atoms. The molecule has 0 unspecified atom stereocenters. The molecule has 3 fully saturated rings. The summed E-state index contributed by atoms with van der Waals surface area (Å²) in [5.74, 6) is -1.74. The summed E-state index contributed by atoms with van der Waals surface area (Å²) in [5, 5.41) is 4.72. The molecule has 5 rings (SSSR count). The molecule has 2 aromatic rings. The fraction of sp³-hybridized carbons (Fsp3) is 0.615. The van der Waals surface area contributed by atoms with Crippen molar-refractivity contribution in [3.8, 4) is 10.4 Å². The summed E-state index contributed by atoms with van der Waals surface area (Å²) in [6.45, 7) is 1.30. The Labute approximate surface area is 243 Å². The number of halogens is 5. The number of sulfone groups is 1. The maximum absolute atomic E-state index is 14.3. The second kappa shape index (κ2) is 11.7. The number of fused-ring (bicyclic) bond motifs is 2. The molecule has 16 heteroatoms. The number of aromatic nitrogens is 2. The molecule has 3 saturated heterocycles. The summed E-state index contributed by atoms with van der Waals surface area (Å²) in [6.07, 6.45) is -3.52. The Bertz CT molecular complexity index is 1430. The normalized spacial score (nSPS) is 22.9. The molecule has 230 valence electrons. The maximum Gasteiger partial charge on any atom is 0.408 e. The molecule has 2 N–H and O–H groups in total. The first kappa shape index (κ1) is 30.6. The second-order valence-corrected chi connectivity index (χ2v) is 14.2. The Kier molecular flexibility index (Phi) is 8.49. The first-order valence-electron chi connectivity index (χ1n) is 13.7. The van der Waals surface area contributed by atoms with Crippen molar-refractivity contribution in [2.45, 2.75) is 88.6 Å². The van der Waals surface area contributed by atoms with Crippen LogP contribution in [0.25, 0.3) is 10.4 Å². The van der Waals surface area contributed by atoms with Gasteiger partial charge in [0.25, 0.3) is 18.2 Å². The number of alkyl halides is 5. The summed E-state index contributed by atoms with van der Waals surface area (Å²) in [6, 6.07) is -1.66. The number of anilines is 1. The van der Waals surface area contributed by atoms with Crippen LogP contribution in [0.1, 0.15) is 84.1 Å². The molecule has 2 aromatic heterocycles. The zero-order chi connectivity index (χ0) is 30.4. The standard InChI is InChI=1S/C26H30F5N5O4S2/c1-2-18(26(29,30)31)34-19-11-16(22(27)28)17(12-32-19)21-20(25(38)36-14-3-4-15(36)6-5-14)35-24(41-21)23(37)33-13-7-9-42(39,40)10-8-13/h11-15,18,22H,2-10H2,1H3,(H,32,34)(H,33,37)/t14?,15?,18-/m0/s1. The number of pyridine rings is 1. The van der Waals surface area contributed by atoms with Gasteiger partial charge in [-0.2, -0.15) is 13.2 Å². The Morgan fingerprint density at radius 1 is 1.10 bits per heavy atom. The van der Waals surface area contributed by atoms with Gasteiger partial charge in [-0.05, 0) is 51.0 Å². The van der Waals surface area contributed by atoms with E-state index in [1.165, 1.54) is 6.92 Å². The zero-order valence-electron chi connectivity index (χ0n) is 22.6. The quantitative estimate of drug-likeness (QED) is 0.393. The van der Waals surface area contributed by atoms with Gasteiger partial charge < -0.3 is 15.5 Å². The van der Waals surface area contributed by atoms with Gasteiger partial charge in [0, 0.05) is 35.4 Å². The third-order valence-electron chi connectivity index (χ3n) is 8.14. The van der Waals surface area contributed by atoms with Gasteiger partial charge >= 0.3 is 6.18 Å². The van der Waals surface area contributed by atoms with E-state index in [1.54, 1.807) is 4.90 Å². The van der Waals surface area contributed by atoms with Crippen LogP contribution < -0.4 is 10.6 Å². The molecular weight excluding hydrogens is 605 g/mol. The highest BCUT2D eigenvalue weighted by atomic mass is 32.2. The fourth-order valence-corrected chi connectivity index (χ4v) is 8.39. The zero-order valence-corrected chi connectivity index (χ0v) is 24.2. The lowest BCUT2D eigenvalue weighted by Crippen LogP contribution is -2.41. The minimum Gasteiger partial charge on any atom is -0.359 e. The van der Waals surface area contributed by atoms with Gasteiger partial charge in [-0.3, -0.25) is 9.59 Å². The molecule has 0 aliphatic carbocycles. The van der Waals surface area contributed by atoms with Gasteiger partial charge in [0.15, 0.2) is 5.01 Å². The van der Waals surface area contributed by atoms with Crippen molar-refractivity contribution >= 4 is 38.8 Å². The van der Waals surface area contributed by atoms with E-state index in [0.717, 1.165) is 37.9 Å². The number of nitrogens with zero attached hydrogens (tertiary/aromatic N) is 3. The molecule has 42 heavy (non-hydrogen) atoms. The molecule has 0 saturated carbocycles. The van der Waals surface area contributed by atoms with Crippen LogP contribution in [0, 0.1) is 0 Å². The van der Waals surface area contributed by atoms with Crippen molar-refractivity contribution in [1.29, 1.82) is 0 Å². The van der Waals surface area contributed by atoms with Crippen LogP contribution in [-0.4, -0.2) is 76.9 Å². The Morgan fingerprint density at radius 3 is 2.26 bits per heavy atom. The van der Waals surface area contributed by atoms with Gasteiger partial charge in [0.2, 0.25) is 0 Å². The highest BCUT2D eigenvalue weighted by molar-refractivity contribution is 7.91. The minimum atomic E-state index is -4.63. The maximum atomic E-state index is 14.3. The Hall–Kier alpha value is -2.88. The van der Waals surface area contributed by atoms with E-state index in [1.807, 2.05) is 0 Å². The van der Waals surface area contributed by atoms with Crippen molar-refractivity contribution in [2.75, 3.05) is 16.8 Å². The van der Waals surface area contributed by atoms with Crippen LogP contribution in [0.2, 0.25) is 0 Å². The van der Waals surface area contributed by atoms with Crippen molar-refractivity contribution in [3.63, 3.8) is 0 Å². The third-order valence-corrected chi connectivity index (χ3v) is 10.9. The van der Waals surface area contributed by atoms with Crippen LogP contribution in [0.3, 0.4) is 0 Å². The monoisotopic (exact) mass is 635 g/mol.